The first-order chi connectivity index (χ1) is 4.29. The fourth-order valence-corrected chi connectivity index (χ4v) is 0.570. The van der Waals surface area contributed by atoms with Crippen LogP contribution in [0.4, 0.5) is 0 Å². The molecule has 0 spiro atoms. The fourth-order valence-electron chi connectivity index (χ4n) is 0.570. The summed E-state index contributed by atoms with van der Waals surface area (Å²) >= 11 is 0. The molecule has 0 N–H and O–H groups in total. The highest BCUT2D eigenvalue weighted by Crippen LogP contribution is 2.03. The molecule has 0 aliphatic carbocycles. The molecule has 1 heterocycles. The van der Waals surface area contributed by atoms with Crippen molar-refractivity contribution in [3.63, 3.8) is 0 Å². The zero-order chi connectivity index (χ0) is 6.69. The van der Waals surface area contributed by atoms with E-state index in [2.05, 4.69) is 4.74 Å². The monoisotopic (exact) mass is 132 g/mol. The van der Waals surface area contributed by atoms with Gasteiger partial charge < -0.3 is 14.2 Å². The Hall–Kier alpha value is -0.610. The summed E-state index contributed by atoms with van der Waals surface area (Å²) in [6.07, 6.45) is -0.484. The number of ether oxygens (including phenoxy) is 3. The van der Waals surface area contributed by atoms with Gasteiger partial charge in [-0.15, -0.1) is 0 Å². The van der Waals surface area contributed by atoms with Gasteiger partial charge in [0.1, 0.15) is 6.61 Å². The first kappa shape index (κ1) is 6.51. The number of esters is 1. The summed E-state index contributed by atoms with van der Waals surface area (Å²) in [5.41, 5.74) is 0. The van der Waals surface area contributed by atoms with Crippen molar-refractivity contribution >= 4 is 5.97 Å². The lowest BCUT2D eigenvalue weighted by Crippen LogP contribution is -2.17. The van der Waals surface area contributed by atoms with Crippen molar-refractivity contribution in [1.82, 2.24) is 0 Å². The van der Waals surface area contributed by atoms with Crippen molar-refractivity contribution in [2.24, 2.45) is 0 Å². The Labute approximate surface area is 52.7 Å². The molecular formula is C5H8O4. The van der Waals surface area contributed by atoms with Crippen LogP contribution in [0.5, 0.6) is 0 Å². The van der Waals surface area contributed by atoms with Crippen LogP contribution < -0.4 is 0 Å². The van der Waals surface area contributed by atoms with Crippen molar-refractivity contribution in [3.05, 3.63) is 0 Å². The average molecular weight is 132 g/mol. The van der Waals surface area contributed by atoms with Crippen LogP contribution >= 0.6 is 0 Å². The average Bonchev–Trinajstić information content (AvgIpc) is 2.15. The highest BCUT2D eigenvalue weighted by atomic mass is 16.8. The minimum absolute atomic E-state index is 0.220. The van der Waals surface area contributed by atoms with Crippen LogP contribution in [0.2, 0.25) is 0 Å². The smallest absolute Gasteiger partial charge is 0.305 e. The van der Waals surface area contributed by atoms with Crippen molar-refractivity contribution in [2.45, 2.75) is 13.2 Å². The van der Waals surface area contributed by atoms with Gasteiger partial charge in [0, 0.05) is 6.92 Å². The van der Waals surface area contributed by atoms with E-state index in [4.69, 9.17) is 9.47 Å². The van der Waals surface area contributed by atoms with E-state index in [1.54, 1.807) is 0 Å². The van der Waals surface area contributed by atoms with Gasteiger partial charge in [-0.05, 0) is 0 Å². The zero-order valence-electron chi connectivity index (χ0n) is 5.12. The molecule has 0 aromatic carbocycles. The molecule has 0 radical (unpaired) electrons. The molecule has 52 valence electrons. The lowest BCUT2D eigenvalue weighted by Gasteiger charge is -2.05. The van der Waals surface area contributed by atoms with Gasteiger partial charge in [-0.3, -0.25) is 4.79 Å². The standard InChI is InChI=1S/C5H8O4/c1-4(6)9-5-2-7-3-8-5/h5H,2-3H2,1H3. The van der Waals surface area contributed by atoms with Crippen molar-refractivity contribution in [1.29, 1.82) is 0 Å². The molecule has 1 fully saturated rings. The lowest BCUT2D eigenvalue weighted by molar-refractivity contribution is -0.165. The molecule has 0 saturated carbocycles. The van der Waals surface area contributed by atoms with Gasteiger partial charge in [0.15, 0.2) is 6.79 Å². The highest BCUT2D eigenvalue weighted by molar-refractivity contribution is 5.66. The molecule has 0 aromatic rings. The molecular weight excluding hydrogens is 124 g/mol. The van der Waals surface area contributed by atoms with Gasteiger partial charge in [-0.2, -0.15) is 0 Å². The van der Waals surface area contributed by atoms with Gasteiger partial charge in [-0.25, -0.2) is 0 Å². The van der Waals surface area contributed by atoms with E-state index >= 15 is 0 Å². The number of carbonyl (C=O) groups is 1. The Morgan fingerprint density at radius 1 is 1.78 bits per heavy atom. The molecule has 1 unspecified atom stereocenters. The van der Waals surface area contributed by atoms with Crippen LogP contribution in [-0.2, 0) is 19.0 Å². The third kappa shape index (κ3) is 1.99. The van der Waals surface area contributed by atoms with Gasteiger partial charge in [0.25, 0.3) is 0 Å². The Morgan fingerprint density at radius 3 is 3.00 bits per heavy atom. The Kier molecular flexibility index (Phi) is 2.02. The zero-order valence-corrected chi connectivity index (χ0v) is 5.12. The second kappa shape index (κ2) is 2.80. The number of hydrogen-bond acceptors (Lipinski definition) is 4. The number of rotatable bonds is 1. The predicted octanol–water partition coefficient (Wildman–Crippen LogP) is -0.120. The van der Waals surface area contributed by atoms with Gasteiger partial charge in [0.05, 0.1) is 0 Å². The maximum Gasteiger partial charge on any atom is 0.305 e. The third-order valence-electron chi connectivity index (χ3n) is 0.889. The van der Waals surface area contributed by atoms with Crippen LogP contribution in [0.1, 0.15) is 6.92 Å². The minimum atomic E-state index is -0.484. The summed E-state index contributed by atoms with van der Waals surface area (Å²) < 4.78 is 14.2. The van der Waals surface area contributed by atoms with E-state index < -0.39 is 6.29 Å². The molecule has 1 rings (SSSR count). The van der Waals surface area contributed by atoms with Crippen LogP contribution in [0.3, 0.4) is 0 Å². The predicted molar refractivity (Wildman–Crippen MR) is 27.5 cm³/mol. The van der Waals surface area contributed by atoms with Gasteiger partial charge in [-0.1, -0.05) is 0 Å². The lowest BCUT2D eigenvalue weighted by atomic mass is 10.7. The molecule has 0 bridgehead atoms. The normalized spacial score (nSPS) is 26.1. The summed E-state index contributed by atoms with van der Waals surface area (Å²) in [5, 5.41) is 0. The van der Waals surface area contributed by atoms with Crippen molar-refractivity contribution in [3.8, 4) is 0 Å². The number of hydrogen-bond donors (Lipinski definition) is 0. The highest BCUT2D eigenvalue weighted by Gasteiger charge is 2.17. The fraction of sp³-hybridized carbons (Fsp3) is 0.800. The quantitative estimate of drug-likeness (QED) is 0.466. The SMILES string of the molecule is CC(=O)OC1COCO1. The summed E-state index contributed by atoms with van der Waals surface area (Å²) in [6, 6.07) is 0. The van der Waals surface area contributed by atoms with E-state index in [0.717, 1.165) is 0 Å². The van der Waals surface area contributed by atoms with E-state index in [1.165, 1.54) is 6.92 Å². The second-order valence-corrected chi connectivity index (χ2v) is 1.69. The molecule has 1 saturated heterocycles. The number of carbonyl (C=O) groups excluding carboxylic acids is 1. The van der Waals surface area contributed by atoms with E-state index in [0.29, 0.717) is 6.61 Å². The van der Waals surface area contributed by atoms with Crippen molar-refractivity contribution < 1.29 is 19.0 Å². The van der Waals surface area contributed by atoms with Gasteiger partial charge in [0.2, 0.25) is 6.29 Å². The molecule has 1 atom stereocenters. The Morgan fingerprint density at radius 2 is 2.56 bits per heavy atom. The summed E-state index contributed by atoms with van der Waals surface area (Å²) in [7, 11) is 0. The van der Waals surface area contributed by atoms with Crippen LogP contribution in [-0.4, -0.2) is 25.7 Å². The van der Waals surface area contributed by atoms with Crippen LogP contribution in [0.15, 0.2) is 0 Å². The first-order valence-electron chi connectivity index (χ1n) is 2.65. The molecule has 1 aliphatic heterocycles. The molecule has 4 heteroatoms. The Balaban J connectivity index is 2.19. The van der Waals surface area contributed by atoms with E-state index in [-0.39, 0.29) is 12.8 Å². The van der Waals surface area contributed by atoms with Gasteiger partial charge >= 0.3 is 5.97 Å². The van der Waals surface area contributed by atoms with E-state index in [9.17, 15) is 4.79 Å². The molecule has 4 nitrogen and oxygen atoms in total. The Bertz CT molecular complexity index is 106. The van der Waals surface area contributed by atoms with Crippen LogP contribution in [0, 0.1) is 0 Å². The van der Waals surface area contributed by atoms with Crippen LogP contribution in [0.25, 0.3) is 0 Å². The summed E-state index contributed by atoms with van der Waals surface area (Å²) in [6.45, 7) is 1.90. The summed E-state index contributed by atoms with van der Waals surface area (Å²) in [4.78, 5) is 10.2. The second-order valence-electron chi connectivity index (χ2n) is 1.69. The molecule has 9 heavy (non-hydrogen) atoms. The third-order valence-corrected chi connectivity index (χ3v) is 0.889. The minimum Gasteiger partial charge on any atom is -0.433 e. The van der Waals surface area contributed by atoms with E-state index in [1.807, 2.05) is 0 Å². The maximum atomic E-state index is 10.2. The molecule has 1 aliphatic rings. The van der Waals surface area contributed by atoms with Crippen molar-refractivity contribution in [2.75, 3.05) is 13.4 Å². The molecule has 0 amide bonds. The first-order valence-corrected chi connectivity index (χ1v) is 2.65. The largest absolute Gasteiger partial charge is 0.433 e. The summed E-state index contributed by atoms with van der Waals surface area (Å²) in [5.74, 6) is -0.342. The maximum absolute atomic E-state index is 10.2. The topological polar surface area (TPSA) is 44.8 Å². The molecule has 0 aromatic heterocycles.